The van der Waals surface area contributed by atoms with Gasteiger partial charge in [0, 0.05) is 15.4 Å². The van der Waals surface area contributed by atoms with Gasteiger partial charge in [-0.05, 0) is 36.4 Å². The zero-order valence-corrected chi connectivity index (χ0v) is 14.0. The van der Waals surface area contributed by atoms with Gasteiger partial charge >= 0.3 is 11.8 Å². The molecule has 1 atom stereocenters. The molecule has 0 saturated heterocycles. The van der Waals surface area contributed by atoms with Gasteiger partial charge in [-0.15, -0.1) is 11.3 Å². The first-order chi connectivity index (χ1) is 12.1. The minimum atomic E-state index is -0.842. The SMILES string of the molecule is O=C(NCc1ccc(C(O)c2ccco2)s1)C(=O)Nc1ccccc1. The lowest BCUT2D eigenvalue weighted by Crippen LogP contribution is -2.34. The van der Waals surface area contributed by atoms with E-state index in [9.17, 15) is 14.7 Å². The second kappa shape index (κ2) is 7.78. The van der Waals surface area contributed by atoms with Gasteiger partial charge in [-0.3, -0.25) is 9.59 Å². The zero-order chi connectivity index (χ0) is 17.6. The van der Waals surface area contributed by atoms with E-state index in [-0.39, 0.29) is 6.54 Å². The molecule has 0 aliphatic rings. The lowest BCUT2D eigenvalue weighted by molar-refractivity contribution is -0.136. The molecule has 0 radical (unpaired) electrons. The third-order valence-corrected chi connectivity index (χ3v) is 4.56. The number of furan rings is 1. The molecule has 3 N–H and O–H groups in total. The fraction of sp³-hybridized carbons (Fsp3) is 0.111. The summed E-state index contributed by atoms with van der Waals surface area (Å²) in [6.45, 7) is 0.205. The maximum absolute atomic E-state index is 11.9. The Balaban J connectivity index is 1.53. The van der Waals surface area contributed by atoms with Gasteiger partial charge in [0.1, 0.15) is 11.9 Å². The van der Waals surface area contributed by atoms with E-state index >= 15 is 0 Å². The van der Waals surface area contributed by atoms with Crippen LogP contribution in [0.2, 0.25) is 0 Å². The summed E-state index contributed by atoms with van der Waals surface area (Å²) in [6.07, 6.45) is 0.657. The Hall–Kier alpha value is -2.90. The summed E-state index contributed by atoms with van der Waals surface area (Å²) in [5.41, 5.74) is 0.558. The van der Waals surface area contributed by atoms with Gasteiger partial charge < -0.3 is 20.2 Å². The van der Waals surface area contributed by atoms with E-state index in [4.69, 9.17) is 4.42 Å². The topological polar surface area (TPSA) is 91.6 Å². The number of anilines is 1. The van der Waals surface area contributed by atoms with Gasteiger partial charge in [-0.1, -0.05) is 18.2 Å². The van der Waals surface area contributed by atoms with Crippen molar-refractivity contribution in [3.63, 3.8) is 0 Å². The van der Waals surface area contributed by atoms with Crippen molar-refractivity contribution >= 4 is 28.8 Å². The number of hydrogen-bond donors (Lipinski definition) is 3. The molecule has 1 aromatic carbocycles. The Bertz CT molecular complexity index is 843. The summed E-state index contributed by atoms with van der Waals surface area (Å²) in [5, 5.41) is 15.3. The van der Waals surface area contributed by atoms with Gasteiger partial charge in [0.15, 0.2) is 0 Å². The maximum Gasteiger partial charge on any atom is 0.313 e. The number of amides is 2. The van der Waals surface area contributed by atoms with Crippen LogP contribution in [0.15, 0.2) is 65.3 Å². The predicted molar refractivity (Wildman–Crippen MR) is 94.0 cm³/mol. The highest BCUT2D eigenvalue weighted by molar-refractivity contribution is 7.12. The molecular formula is C18H16N2O4S. The molecular weight excluding hydrogens is 340 g/mol. The molecule has 3 aromatic rings. The minimum absolute atomic E-state index is 0.205. The highest BCUT2D eigenvalue weighted by Gasteiger charge is 2.17. The van der Waals surface area contributed by atoms with Crippen molar-refractivity contribution in [1.82, 2.24) is 5.32 Å². The van der Waals surface area contributed by atoms with Crippen LogP contribution in [-0.4, -0.2) is 16.9 Å². The number of benzene rings is 1. The number of carbonyl (C=O) groups excluding carboxylic acids is 2. The number of para-hydroxylation sites is 1. The van der Waals surface area contributed by atoms with Crippen LogP contribution in [-0.2, 0) is 16.1 Å². The van der Waals surface area contributed by atoms with Crippen molar-refractivity contribution in [2.45, 2.75) is 12.6 Å². The number of aliphatic hydroxyl groups is 1. The molecule has 0 fully saturated rings. The number of nitrogens with one attached hydrogen (secondary N) is 2. The van der Waals surface area contributed by atoms with Gasteiger partial charge in [0.05, 0.1) is 12.8 Å². The first-order valence-corrected chi connectivity index (χ1v) is 8.39. The first-order valence-electron chi connectivity index (χ1n) is 7.58. The van der Waals surface area contributed by atoms with Crippen LogP contribution < -0.4 is 10.6 Å². The molecule has 3 rings (SSSR count). The molecule has 0 bridgehead atoms. The third-order valence-electron chi connectivity index (χ3n) is 3.43. The Morgan fingerprint density at radius 1 is 1.04 bits per heavy atom. The normalized spacial score (nSPS) is 11.7. The Morgan fingerprint density at radius 3 is 2.56 bits per heavy atom. The maximum atomic E-state index is 11.9. The zero-order valence-electron chi connectivity index (χ0n) is 13.1. The second-order valence-electron chi connectivity index (χ2n) is 5.22. The molecule has 128 valence electrons. The Labute approximate surface area is 148 Å². The van der Waals surface area contributed by atoms with E-state index in [1.165, 1.54) is 17.6 Å². The number of hydrogen-bond acceptors (Lipinski definition) is 5. The first kappa shape index (κ1) is 16.9. The fourth-order valence-electron chi connectivity index (χ4n) is 2.18. The van der Waals surface area contributed by atoms with E-state index in [2.05, 4.69) is 10.6 Å². The molecule has 2 aromatic heterocycles. The quantitative estimate of drug-likeness (QED) is 0.613. The molecule has 2 amide bonds. The van der Waals surface area contributed by atoms with E-state index in [0.717, 1.165) is 4.88 Å². The van der Waals surface area contributed by atoms with Crippen LogP contribution in [0.4, 0.5) is 5.69 Å². The molecule has 6 nitrogen and oxygen atoms in total. The van der Waals surface area contributed by atoms with Gasteiger partial charge in [-0.2, -0.15) is 0 Å². The summed E-state index contributed by atoms with van der Waals surface area (Å²) < 4.78 is 5.18. The molecule has 7 heteroatoms. The Morgan fingerprint density at radius 2 is 1.84 bits per heavy atom. The van der Waals surface area contributed by atoms with Crippen LogP contribution in [0.1, 0.15) is 21.6 Å². The summed E-state index contributed by atoms with van der Waals surface area (Å²) in [4.78, 5) is 25.2. The van der Waals surface area contributed by atoms with E-state index in [1.54, 1.807) is 48.5 Å². The van der Waals surface area contributed by atoms with Crippen molar-refractivity contribution in [3.8, 4) is 0 Å². The lowest BCUT2D eigenvalue weighted by atomic mass is 10.2. The van der Waals surface area contributed by atoms with Crippen LogP contribution in [0, 0.1) is 0 Å². The van der Waals surface area contributed by atoms with Crippen molar-refractivity contribution < 1.29 is 19.1 Å². The Kier molecular flexibility index (Phi) is 5.27. The molecule has 0 spiro atoms. The fourth-order valence-corrected chi connectivity index (χ4v) is 3.13. The molecule has 2 heterocycles. The monoisotopic (exact) mass is 356 g/mol. The van der Waals surface area contributed by atoms with Crippen molar-refractivity contribution in [2.75, 3.05) is 5.32 Å². The van der Waals surface area contributed by atoms with Crippen LogP contribution in [0.5, 0.6) is 0 Å². The van der Waals surface area contributed by atoms with Gasteiger partial charge in [-0.25, -0.2) is 0 Å². The largest absolute Gasteiger partial charge is 0.466 e. The summed E-state index contributed by atoms with van der Waals surface area (Å²) in [5.74, 6) is -0.983. The van der Waals surface area contributed by atoms with Crippen LogP contribution in [0.25, 0.3) is 0 Å². The van der Waals surface area contributed by atoms with E-state index in [0.29, 0.717) is 16.3 Å². The van der Waals surface area contributed by atoms with Crippen LogP contribution >= 0.6 is 11.3 Å². The van der Waals surface area contributed by atoms with Gasteiger partial charge in [0.2, 0.25) is 0 Å². The summed E-state index contributed by atoms with van der Waals surface area (Å²) in [7, 11) is 0. The van der Waals surface area contributed by atoms with Crippen molar-refractivity contribution in [3.05, 3.63) is 76.4 Å². The second-order valence-corrected chi connectivity index (χ2v) is 6.42. The number of rotatable bonds is 5. The van der Waals surface area contributed by atoms with E-state index < -0.39 is 17.9 Å². The number of aliphatic hydroxyl groups excluding tert-OH is 1. The van der Waals surface area contributed by atoms with Gasteiger partial charge in [0.25, 0.3) is 0 Å². The minimum Gasteiger partial charge on any atom is -0.466 e. The highest BCUT2D eigenvalue weighted by atomic mass is 32.1. The number of carbonyl (C=O) groups is 2. The molecule has 0 aliphatic carbocycles. The summed E-state index contributed by atoms with van der Waals surface area (Å²) >= 11 is 1.34. The predicted octanol–water partition coefficient (Wildman–Crippen LogP) is 2.68. The lowest BCUT2D eigenvalue weighted by Gasteiger charge is -2.06. The number of thiophene rings is 1. The van der Waals surface area contributed by atoms with Crippen molar-refractivity contribution in [2.24, 2.45) is 0 Å². The van der Waals surface area contributed by atoms with E-state index in [1.807, 2.05) is 6.07 Å². The standard InChI is InChI=1S/C18H16N2O4S/c21-16(14-7-4-10-24-14)15-9-8-13(25-15)11-19-17(22)18(23)20-12-5-2-1-3-6-12/h1-10,16,21H,11H2,(H,19,22)(H,20,23). The average molecular weight is 356 g/mol. The average Bonchev–Trinajstić information content (AvgIpc) is 3.32. The molecule has 0 saturated carbocycles. The molecule has 1 unspecified atom stereocenters. The van der Waals surface area contributed by atoms with Crippen molar-refractivity contribution in [1.29, 1.82) is 0 Å². The highest BCUT2D eigenvalue weighted by Crippen LogP contribution is 2.28. The molecule has 0 aliphatic heterocycles. The third kappa shape index (κ3) is 4.34. The summed E-state index contributed by atoms with van der Waals surface area (Å²) in [6, 6.07) is 15.7. The van der Waals surface area contributed by atoms with Crippen LogP contribution in [0.3, 0.4) is 0 Å². The molecule has 25 heavy (non-hydrogen) atoms. The smallest absolute Gasteiger partial charge is 0.313 e.